The molecule has 0 aliphatic rings. The van der Waals surface area contributed by atoms with Gasteiger partial charge in [0.2, 0.25) is 0 Å². The molecule has 162 valence electrons. The minimum atomic E-state index is -0.215. The molecule has 0 saturated heterocycles. The molecule has 3 rings (SSSR count). The maximum atomic E-state index is 13.0. The number of carbonyl (C=O) groups excluding carboxylic acids is 1. The standard InChI is InChI=1S/C23H26N4O3S/c1-15-11-17(12-21(25-15)27(2)3)26-22(28)19-7-6-10-24-23(19)31-14-16-8-9-18(29-4)13-20(16)30-5/h6-13H,14H2,1-5H3,(H,25,26,28). The quantitative estimate of drug-likeness (QED) is 0.522. The number of hydrogen-bond donors (Lipinski definition) is 1. The van der Waals surface area contributed by atoms with Crippen LogP contribution in [0, 0.1) is 6.92 Å². The molecule has 0 atom stereocenters. The van der Waals surface area contributed by atoms with Crippen molar-refractivity contribution in [3.05, 3.63) is 65.5 Å². The van der Waals surface area contributed by atoms with Gasteiger partial charge in [-0.1, -0.05) is 6.07 Å². The van der Waals surface area contributed by atoms with Gasteiger partial charge < -0.3 is 19.7 Å². The van der Waals surface area contributed by atoms with Gasteiger partial charge >= 0.3 is 0 Å². The molecule has 0 aliphatic heterocycles. The first-order valence-electron chi connectivity index (χ1n) is 9.67. The van der Waals surface area contributed by atoms with Crippen LogP contribution in [0.4, 0.5) is 11.5 Å². The van der Waals surface area contributed by atoms with E-state index in [1.54, 1.807) is 32.5 Å². The number of aromatic nitrogens is 2. The molecule has 3 aromatic rings. The molecule has 0 saturated carbocycles. The molecule has 0 aliphatic carbocycles. The van der Waals surface area contributed by atoms with E-state index in [0.717, 1.165) is 28.6 Å². The fraction of sp³-hybridized carbons (Fsp3) is 0.261. The lowest BCUT2D eigenvalue weighted by molar-refractivity contribution is 0.102. The molecule has 0 bridgehead atoms. The summed E-state index contributed by atoms with van der Waals surface area (Å²) in [5.41, 5.74) is 3.03. The molecule has 0 unspecified atom stereocenters. The highest BCUT2D eigenvalue weighted by Crippen LogP contribution is 2.31. The van der Waals surface area contributed by atoms with Crippen LogP contribution in [-0.2, 0) is 5.75 Å². The van der Waals surface area contributed by atoms with Crippen LogP contribution < -0.4 is 19.7 Å². The highest BCUT2D eigenvalue weighted by atomic mass is 32.2. The first-order chi connectivity index (χ1) is 14.9. The Labute approximate surface area is 186 Å². The van der Waals surface area contributed by atoms with Crippen LogP contribution in [0.1, 0.15) is 21.6 Å². The van der Waals surface area contributed by atoms with Crippen LogP contribution in [0.3, 0.4) is 0 Å². The molecule has 2 aromatic heterocycles. The third kappa shape index (κ3) is 5.67. The van der Waals surface area contributed by atoms with E-state index in [2.05, 4.69) is 15.3 Å². The second-order valence-electron chi connectivity index (χ2n) is 7.03. The summed E-state index contributed by atoms with van der Waals surface area (Å²) in [5.74, 6) is 2.63. The zero-order valence-electron chi connectivity index (χ0n) is 18.3. The predicted octanol–water partition coefficient (Wildman–Crippen LogP) is 4.41. The maximum absolute atomic E-state index is 13.0. The topological polar surface area (TPSA) is 76.6 Å². The third-order valence-corrected chi connectivity index (χ3v) is 5.58. The summed E-state index contributed by atoms with van der Waals surface area (Å²) in [6, 6.07) is 12.9. The molecular weight excluding hydrogens is 412 g/mol. The Bertz CT molecular complexity index is 1070. The summed E-state index contributed by atoms with van der Waals surface area (Å²) >= 11 is 1.48. The molecule has 1 N–H and O–H groups in total. The minimum absolute atomic E-state index is 0.215. The number of nitrogens with one attached hydrogen (secondary N) is 1. The number of nitrogens with zero attached hydrogens (tertiary/aromatic N) is 3. The normalized spacial score (nSPS) is 10.5. The summed E-state index contributed by atoms with van der Waals surface area (Å²) in [6.45, 7) is 1.90. The summed E-state index contributed by atoms with van der Waals surface area (Å²) in [6.07, 6.45) is 1.69. The van der Waals surface area contributed by atoms with Crippen LogP contribution in [-0.4, -0.2) is 44.2 Å². The van der Waals surface area contributed by atoms with Gasteiger partial charge in [-0.15, -0.1) is 11.8 Å². The molecular formula is C23H26N4O3S. The van der Waals surface area contributed by atoms with E-state index in [9.17, 15) is 4.79 Å². The van der Waals surface area contributed by atoms with E-state index in [-0.39, 0.29) is 5.91 Å². The summed E-state index contributed by atoms with van der Waals surface area (Å²) < 4.78 is 10.7. The van der Waals surface area contributed by atoms with Gasteiger partial charge in [-0.3, -0.25) is 4.79 Å². The third-order valence-electron chi connectivity index (χ3n) is 4.53. The van der Waals surface area contributed by atoms with Crippen molar-refractivity contribution in [1.82, 2.24) is 9.97 Å². The number of anilines is 2. The van der Waals surface area contributed by atoms with Gasteiger partial charge in [-0.25, -0.2) is 9.97 Å². The highest BCUT2D eigenvalue weighted by Gasteiger charge is 2.15. The molecule has 0 radical (unpaired) electrons. The average Bonchev–Trinajstić information content (AvgIpc) is 2.77. The fourth-order valence-corrected chi connectivity index (χ4v) is 3.93. The first kappa shape index (κ1) is 22.4. The smallest absolute Gasteiger partial charge is 0.258 e. The maximum Gasteiger partial charge on any atom is 0.258 e. The molecule has 7 nitrogen and oxygen atoms in total. The largest absolute Gasteiger partial charge is 0.497 e. The highest BCUT2D eigenvalue weighted by molar-refractivity contribution is 7.98. The summed E-state index contributed by atoms with van der Waals surface area (Å²) in [7, 11) is 7.07. The number of rotatable bonds is 8. The van der Waals surface area contributed by atoms with Gasteiger partial charge in [-0.05, 0) is 31.2 Å². The molecule has 1 amide bonds. The molecule has 2 heterocycles. The number of hydrogen-bond acceptors (Lipinski definition) is 7. The molecule has 0 fully saturated rings. The van der Waals surface area contributed by atoms with E-state index in [1.165, 1.54) is 11.8 Å². The Hall–Kier alpha value is -3.26. The van der Waals surface area contributed by atoms with Crippen molar-refractivity contribution >= 4 is 29.2 Å². The zero-order valence-corrected chi connectivity index (χ0v) is 19.1. The van der Waals surface area contributed by atoms with E-state index >= 15 is 0 Å². The van der Waals surface area contributed by atoms with Crippen molar-refractivity contribution in [3.8, 4) is 11.5 Å². The van der Waals surface area contributed by atoms with Crippen LogP contribution >= 0.6 is 11.8 Å². The van der Waals surface area contributed by atoms with Gasteiger partial charge in [0.05, 0.1) is 19.8 Å². The van der Waals surface area contributed by atoms with Gasteiger partial charge in [-0.2, -0.15) is 0 Å². The van der Waals surface area contributed by atoms with Crippen molar-refractivity contribution in [2.24, 2.45) is 0 Å². The van der Waals surface area contributed by atoms with Crippen molar-refractivity contribution in [1.29, 1.82) is 0 Å². The number of amides is 1. The van der Waals surface area contributed by atoms with E-state index in [1.807, 2.05) is 56.3 Å². The number of thioether (sulfide) groups is 1. The van der Waals surface area contributed by atoms with E-state index in [4.69, 9.17) is 9.47 Å². The number of benzene rings is 1. The number of ether oxygens (including phenoxy) is 2. The predicted molar refractivity (Wildman–Crippen MR) is 125 cm³/mol. The van der Waals surface area contributed by atoms with Gasteiger partial charge in [0, 0.05) is 55.1 Å². The summed E-state index contributed by atoms with van der Waals surface area (Å²) in [5, 5.41) is 3.62. The molecule has 31 heavy (non-hydrogen) atoms. The Morgan fingerprint density at radius 2 is 1.94 bits per heavy atom. The number of pyridine rings is 2. The lowest BCUT2D eigenvalue weighted by Gasteiger charge is -2.15. The van der Waals surface area contributed by atoms with Gasteiger partial charge in [0.1, 0.15) is 22.3 Å². The fourth-order valence-electron chi connectivity index (χ4n) is 2.95. The Morgan fingerprint density at radius 1 is 1.13 bits per heavy atom. The van der Waals surface area contributed by atoms with Crippen LogP contribution in [0.2, 0.25) is 0 Å². The average molecular weight is 439 g/mol. The molecule has 0 spiro atoms. The van der Waals surface area contributed by atoms with Crippen LogP contribution in [0.5, 0.6) is 11.5 Å². The van der Waals surface area contributed by atoms with E-state index in [0.29, 0.717) is 22.0 Å². The molecule has 1 aromatic carbocycles. The van der Waals surface area contributed by atoms with Crippen molar-refractivity contribution in [3.63, 3.8) is 0 Å². The zero-order chi connectivity index (χ0) is 22.4. The van der Waals surface area contributed by atoms with Gasteiger partial charge in [0.15, 0.2) is 0 Å². The monoisotopic (exact) mass is 438 g/mol. The Morgan fingerprint density at radius 3 is 2.65 bits per heavy atom. The second kappa shape index (κ2) is 10.2. The lowest BCUT2D eigenvalue weighted by Crippen LogP contribution is -2.16. The number of carbonyl (C=O) groups is 1. The van der Waals surface area contributed by atoms with Crippen LogP contribution in [0.25, 0.3) is 0 Å². The summed E-state index contributed by atoms with van der Waals surface area (Å²) in [4.78, 5) is 23.8. The minimum Gasteiger partial charge on any atom is -0.497 e. The van der Waals surface area contributed by atoms with Gasteiger partial charge in [0.25, 0.3) is 5.91 Å². The SMILES string of the molecule is COc1ccc(CSc2ncccc2C(=O)Nc2cc(C)nc(N(C)C)c2)c(OC)c1. The van der Waals surface area contributed by atoms with Crippen molar-refractivity contribution < 1.29 is 14.3 Å². The van der Waals surface area contributed by atoms with Crippen molar-refractivity contribution in [2.75, 3.05) is 38.5 Å². The second-order valence-corrected chi connectivity index (χ2v) is 7.99. The number of aryl methyl sites for hydroxylation is 1. The van der Waals surface area contributed by atoms with Crippen molar-refractivity contribution in [2.45, 2.75) is 17.7 Å². The Balaban J connectivity index is 1.78. The number of methoxy groups -OCH3 is 2. The van der Waals surface area contributed by atoms with Crippen LogP contribution in [0.15, 0.2) is 53.7 Å². The Kier molecular flexibility index (Phi) is 7.36. The lowest BCUT2D eigenvalue weighted by atomic mass is 10.2. The molecule has 8 heteroatoms. The van der Waals surface area contributed by atoms with E-state index < -0.39 is 0 Å². The first-order valence-corrected chi connectivity index (χ1v) is 10.7.